The molecule has 0 heterocycles. The number of phenols is 1. The molecule has 0 aliphatic rings. The van der Waals surface area contributed by atoms with Crippen molar-refractivity contribution in [3.05, 3.63) is 42.0 Å². The second-order valence-corrected chi connectivity index (χ2v) is 3.17. The average molecular weight is 177 g/mol. The quantitative estimate of drug-likeness (QED) is 0.696. The predicted molar refractivity (Wildman–Crippen MR) is 54.6 cm³/mol. The largest absolute Gasteiger partial charge is 0.508 e. The molecule has 1 rings (SSSR count). The molecular weight excluding hydrogens is 162 g/mol. The molecule has 0 aromatic heterocycles. The zero-order valence-electron chi connectivity index (χ0n) is 7.83. The van der Waals surface area contributed by atoms with Crippen LogP contribution in [-0.4, -0.2) is 5.11 Å². The summed E-state index contributed by atoms with van der Waals surface area (Å²) < 4.78 is 0. The van der Waals surface area contributed by atoms with Crippen LogP contribution in [-0.2, 0) is 0 Å². The second-order valence-electron chi connectivity index (χ2n) is 3.17. The maximum Gasteiger partial charge on any atom is 0.115 e. The van der Waals surface area contributed by atoms with E-state index in [1.807, 2.05) is 13.0 Å². The number of aryl methyl sites for hydroxylation is 1. The van der Waals surface area contributed by atoms with Gasteiger partial charge in [-0.05, 0) is 36.6 Å². The Balaban J connectivity index is 2.97. The maximum atomic E-state index is 9.27. The van der Waals surface area contributed by atoms with Crippen LogP contribution in [0.5, 0.6) is 5.75 Å². The monoisotopic (exact) mass is 177 g/mol. The molecule has 1 unspecified atom stereocenters. The van der Waals surface area contributed by atoms with Crippen LogP contribution < -0.4 is 5.73 Å². The van der Waals surface area contributed by atoms with Gasteiger partial charge in [-0.25, -0.2) is 0 Å². The first-order valence-electron chi connectivity index (χ1n) is 4.31. The molecule has 2 heteroatoms. The molecule has 13 heavy (non-hydrogen) atoms. The number of rotatable bonds is 3. The minimum absolute atomic E-state index is 0.0652. The van der Waals surface area contributed by atoms with E-state index < -0.39 is 0 Å². The second kappa shape index (κ2) is 4.10. The Morgan fingerprint density at radius 3 is 2.92 bits per heavy atom. The van der Waals surface area contributed by atoms with Crippen molar-refractivity contribution in [2.75, 3.05) is 0 Å². The lowest BCUT2D eigenvalue weighted by Gasteiger charge is -2.12. The molecule has 0 radical (unpaired) electrons. The van der Waals surface area contributed by atoms with Crippen LogP contribution in [0.3, 0.4) is 0 Å². The fourth-order valence-corrected chi connectivity index (χ4v) is 1.33. The van der Waals surface area contributed by atoms with Crippen molar-refractivity contribution >= 4 is 0 Å². The number of nitrogens with two attached hydrogens (primary N) is 1. The zero-order valence-corrected chi connectivity index (χ0v) is 7.83. The van der Waals surface area contributed by atoms with E-state index >= 15 is 0 Å². The van der Waals surface area contributed by atoms with Crippen LogP contribution in [0.25, 0.3) is 0 Å². The molecule has 0 aliphatic carbocycles. The first-order valence-corrected chi connectivity index (χ1v) is 4.31. The number of aromatic hydroxyl groups is 1. The van der Waals surface area contributed by atoms with Crippen molar-refractivity contribution in [1.29, 1.82) is 0 Å². The van der Waals surface area contributed by atoms with Crippen LogP contribution in [0.1, 0.15) is 23.6 Å². The molecular formula is C11H15NO. The lowest BCUT2D eigenvalue weighted by molar-refractivity contribution is 0.473. The van der Waals surface area contributed by atoms with Gasteiger partial charge < -0.3 is 10.8 Å². The molecule has 0 amide bonds. The third-order valence-corrected chi connectivity index (χ3v) is 2.08. The van der Waals surface area contributed by atoms with Gasteiger partial charge >= 0.3 is 0 Å². The minimum Gasteiger partial charge on any atom is -0.508 e. The zero-order chi connectivity index (χ0) is 9.84. The summed E-state index contributed by atoms with van der Waals surface area (Å²) in [5.74, 6) is 0.264. The van der Waals surface area contributed by atoms with Crippen LogP contribution >= 0.6 is 0 Å². The lowest BCUT2D eigenvalue weighted by atomic mass is 9.99. The van der Waals surface area contributed by atoms with Crippen molar-refractivity contribution in [2.45, 2.75) is 19.4 Å². The number of hydrogen-bond acceptors (Lipinski definition) is 2. The van der Waals surface area contributed by atoms with E-state index in [2.05, 4.69) is 6.58 Å². The fourth-order valence-electron chi connectivity index (χ4n) is 1.33. The van der Waals surface area contributed by atoms with Crippen molar-refractivity contribution in [3.8, 4) is 5.75 Å². The number of phenolic OH excluding ortho intramolecular Hbond substituents is 1. The minimum atomic E-state index is -0.0652. The Labute approximate surface area is 78.7 Å². The SMILES string of the molecule is C=CCC(N)c1cc(O)ccc1C. The van der Waals surface area contributed by atoms with Gasteiger partial charge in [0, 0.05) is 6.04 Å². The molecule has 70 valence electrons. The summed E-state index contributed by atoms with van der Waals surface area (Å²) in [4.78, 5) is 0. The summed E-state index contributed by atoms with van der Waals surface area (Å²) in [6, 6.07) is 5.18. The fraction of sp³-hybridized carbons (Fsp3) is 0.273. The molecule has 0 saturated carbocycles. The predicted octanol–water partition coefficient (Wildman–Crippen LogP) is 2.28. The Hall–Kier alpha value is -1.28. The molecule has 0 bridgehead atoms. The molecule has 1 aromatic rings. The number of hydrogen-bond donors (Lipinski definition) is 2. The van der Waals surface area contributed by atoms with Crippen LogP contribution in [0.4, 0.5) is 0 Å². The normalized spacial score (nSPS) is 12.5. The molecule has 0 spiro atoms. The van der Waals surface area contributed by atoms with Crippen molar-refractivity contribution in [2.24, 2.45) is 5.73 Å². The van der Waals surface area contributed by atoms with Crippen LogP contribution in [0.2, 0.25) is 0 Å². The van der Waals surface area contributed by atoms with E-state index in [9.17, 15) is 5.11 Å². The van der Waals surface area contributed by atoms with Gasteiger partial charge in [-0.15, -0.1) is 6.58 Å². The highest BCUT2D eigenvalue weighted by molar-refractivity contribution is 5.36. The maximum absolute atomic E-state index is 9.27. The van der Waals surface area contributed by atoms with E-state index in [1.54, 1.807) is 18.2 Å². The van der Waals surface area contributed by atoms with E-state index in [4.69, 9.17) is 5.73 Å². The van der Waals surface area contributed by atoms with E-state index in [1.165, 1.54) is 0 Å². The highest BCUT2D eigenvalue weighted by Crippen LogP contribution is 2.22. The van der Waals surface area contributed by atoms with Gasteiger partial charge in [0.25, 0.3) is 0 Å². The van der Waals surface area contributed by atoms with Gasteiger partial charge in [0.2, 0.25) is 0 Å². The molecule has 0 saturated heterocycles. The summed E-state index contributed by atoms with van der Waals surface area (Å²) in [5, 5.41) is 9.27. The standard InChI is InChI=1S/C11H15NO/c1-3-4-11(12)10-7-9(13)6-5-8(10)2/h3,5-7,11,13H,1,4,12H2,2H3. The van der Waals surface area contributed by atoms with Gasteiger partial charge in [0.05, 0.1) is 0 Å². The summed E-state index contributed by atoms with van der Waals surface area (Å²) >= 11 is 0. The van der Waals surface area contributed by atoms with Gasteiger partial charge in [0.15, 0.2) is 0 Å². The Morgan fingerprint density at radius 1 is 1.62 bits per heavy atom. The van der Waals surface area contributed by atoms with Gasteiger partial charge in [-0.1, -0.05) is 12.1 Å². The lowest BCUT2D eigenvalue weighted by Crippen LogP contribution is -2.10. The first kappa shape index (κ1) is 9.81. The van der Waals surface area contributed by atoms with Crippen molar-refractivity contribution in [3.63, 3.8) is 0 Å². The van der Waals surface area contributed by atoms with Gasteiger partial charge in [-0.2, -0.15) is 0 Å². The highest BCUT2D eigenvalue weighted by atomic mass is 16.3. The first-order chi connectivity index (χ1) is 6.15. The summed E-state index contributed by atoms with van der Waals surface area (Å²) in [6.45, 7) is 5.62. The average Bonchev–Trinajstić information content (AvgIpc) is 2.09. The smallest absolute Gasteiger partial charge is 0.115 e. The Bertz CT molecular complexity index is 307. The molecule has 1 aromatic carbocycles. The molecule has 1 atom stereocenters. The van der Waals surface area contributed by atoms with Crippen LogP contribution in [0, 0.1) is 6.92 Å². The van der Waals surface area contributed by atoms with Crippen molar-refractivity contribution in [1.82, 2.24) is 0 Å². The molecule has 0 aliphatic heterocycles. The summed E-state index contributed by atoms with van der Waals surface area (Å²) in [6.07, 6.45) is 2.51. The topological polar surface area (TPSA) is 46.2 Å². The van der Waals surface area contributed by atoms with Gasteiger partial charge in [-0.3, -0.25) is 0 Å². The van der Waals surface area contributed by atoms with Crippen LogP contribution in [0.15, 0.2) is 30.9 Å². The molecule has 3 N–H and O–H groups in total. The third kappa shape index (κ3) is 2.33. The van der Waals surface area contributed by atoms with E-state index in [0.717, 1.165) is 17.5 Å². The van der Waals surface area contributed by atoms with E-state index in [-0.39, 0.29) is 11.8 Å². The van der Waals surface area contributed by atoms with Crippen molar-refractivity contribution < 1.29 is 5.11 Å². The summed E-state index contributed by atoms with van der Waals surface area (Å²) in [5.41, 5.74) is 7.98. The Morgan fingerprint density at radius 2 is 2.31 bits per heavy atom. The molecule has 2 nitrogen and oxygen atoms in total. The summed E-state index contributed by atoms with van der Waals surface area (Å²) in [7, 11) is 0. The molecule has 0 fully saturated rings. The number of benzene rings is 1. The third-order valence-electron chi connectivity index (χ3n) is 2.08. The van der Waals surface area contributed by atoms with Gasteiger partial charge in [0.1, 0.15) is 5.75 Å². The Kier molecular flexibility index (Phi) is 3.09. The highest BCUT2D eigenvalue weighted by Gasteiger charge is 2.07. The van der Waals surface area contributed by atoms with E-state index in [0.29, 0.717) is 0 Å².